The molecule has 1 heterocycles. The highest BCUT2D eigenvalue weighted by Crippen LogP contribution is 2.37. The minimum atomic E-state index is -0.650. The second-order valence-electron chi connectivity index (χ2n) is 6.07. The molecule has 0 saturated carbocycles. The van der Waals surface area contributed by atoms with Gasteiger partial charge in [0, 0.05) is 18.1 Å². The topological polar surface area (TPSA) is 70.1 Å². The Kier molecular flexibility index (Phi) is 4.46. The normalized spacial score (nSPS) is 16.4. The number of rotatable bonds is 3. The van der Waals surface area contributed by atoms with Crippen LogP contribution in [0, 0.1) is 11.3 Å². The van der Waals surface area contributed by atoms with Crippen LogP contribution in [0.1, 0.15) is 24.0 Å². The number of carbonyl (C=O) groups is 1. The van der Waals surface area contributed by atoms with Crippen LogP contribution in [0.15, 0.2) is 48.5 Å². The summed E-state index contributed by atoms with van der Waals surface area (Å²) >= 11 is 6.09. The van der Waals surface area contributed by atoms with Crippen LogP contribution in [0.2, 0.25) is 5.02 Å². The number of piperidine rings is 1. The molecule has 1 aliphatic heterocycles. The fraction of sp³-hybridized carbons (Fsp3) is 0.263. The van der Waals surface area contributed by atoms with Crippen molar-refractivity contribution in [2.75, 3.05) is 18.0 Å². The first-order chi connectivity index (χ1) is 11.6. The molecule has 1 saturated heterocycles. The van der Waals surface area contributed by atoms with Crippen LogP contribution in [-0.4, -0.2) is 19.0 Å². The summed E-state index contributed by atoms with van der Waals surface area (Å²) in [6.07, 6.45) is 1.23. The second-order valence-corrected chi connectivity index (χ2v) is 6.51. The molecule has 1 fully saturated rings. The number of hydrogen-bond donors (Lipinski definition) is 1. The summed E-state index contributed by atoms with van der Waals surface area (Å²) in [6.45, 7) is 1.29. The van der Waals surface area contributed by atoms with E-state index in [9.17, 15) is 10.1 Å². The monoisotopic (exact) mass is 339 g/mol. The number of nitrogens with two attached hydrogens (primary N) is 1. The van der Waals surface area contributed by atoms with Crippen molar-refractivity contribution in [3.63, 3.8) is 0 Å². The summed E-state index contributed by atoms with van der Waals surface area (Å²) in [5.41, 5.74) is 7.48. The summed E-state index contributed by atoms with van der Waals surface area (Å²) in [6, 6.07) is 17.2. The predicted octanol–water partition coefficient (Wildman–Crippen LogP) is 3.24. The Hall–Kier alpha value is -2.51. The van der Waals surface area contributed by atoms with Crippen LogP contribution in [0.3, 0.4) is 0 Å². The second kappa shape index (κ2) is 6.54. The van der Waals surface area contributed by atoms with Gasteiger partial charge < -0.3 is 10.6 Å². The van der Waals surface area contributed by atoms with Gasteiger partial charge in [0.25, 0.3) is 0 Å². The van der Waals surface area contributed by atoms with E-state index >= 15 is 0 Å². The first-order valence-corrected chi connectivity index (χ1v) is 8.25. The lowest BCUT2D eigenvalue weighted by molar-refractivity contribution is -0.124. The van der Waals surface area contributed by atoms with E-state index in [0.717, 1.165) is 11.3 Å². The van der Waals surface area contributed by atoms with Gasteiger partial charge >= 0.3 is 0 Å². The molecular weight excluding hydrogens is 322 g/mol. The van der Waals surface area contributed by atoms with Gasteiger partial charge in [-0.15, -0.1) is 0 Å². The van der Waals surface area contributed by atoms with Gasteiger partial charge in [-0.2, -0.15) is 5.26 Å². The lowest BCUT2D eigenvalue weighted by Crippen LogP contribution is -2.50. The molecule has 1 amide bonds. The van der Waals surface area contributed by atoms with Crippen LogP contribution >= 0.6 is 11.6 Å². The third-order valence-electron chi connectivity index (χ3n) is 4.84. The first kappa shape index (κ1) is 16.4. The molecule has 122 valence electrons. The predicted molar refractivity (Wildman–Crippen MR) is 94.9 cm³/mol. The van der Waals surface area contributed by atoms with Crippen molar-refractivity contribution in [2.24, 2.45) is 5.73 Å². The van der Waals surface area contributed by atoms with E-state index in [1.807, 2.05) is 30.3 Å². The summed E-state index contributed by atoms with van der Waals surface area (Å²) in [4.78, 5) is 14.3. The Bertz CT molecular complexity index is 790. The lowest BCUT2D eigenvalue weighted by Gasteiger charge is -2.41. The van der Waals surface area contributed by atoms with Crippen molar-refractivity contribution in [3.8, 4) is 6.07 Å². The van der Waals surface area contributed by atoms with Gasteiger partial charge in [-0.3, -0.25) is 4.79 Å². The highest BCUT2D eigenvalue weighted by atomic mass is 35.5. The lowest BCUT2D eigenvalue weighted by atomic mass is 9.72. The number of benzene rings is 2. The SMILES string of the molecule is N#Cc1ccc(Cl)cc1N1CCC(C(N)=O)(c2ccccc2)CC1. The molecule has 0 aliphatic carbocycles. The van der Waals surface area contributed by atoms with Crippen molar-refractivity contribution in [1.82, 2.24) is 0 Å². The number of nitriles is 1. The summed E-state index contributed by atoms with van der Waals surface area (Å²) in [5.74, 6) is -0.292. The van der Waals surface area contributed by atoms with Gasteiger partial charge in [-0.05, 0) is 36.6 Å². The van der Waals surface area contributed by atoms with Crippen LogP contribution in [0.4, 0.5) is 5.69 Å². The fourth-order valence-corrected chi connectivity index (χ4v) is 3.59. The molecule has 5 heteroatoms. The maximum absolute atomic E-state index is 12.2. The van der Waals surface area contributed by atoms with Gasteiger partial charge in [-0.25, -0.2) is 0 Å². The van der Waals surface area contributed by atoms with Gasteiger partial charge in [0.2, 0.25) is 5.91 Å². The molecular formula is C19H18ClN3O. The maximum Gasteiger partial charge on any atom is 0.228 e. The highest BCUT2D eigenvalue weighted by Gasteiger charge is 2.41. The molecule has 2 N–H and O–H groups in total. The van der Waals surface area contributed by atoms with Crippen LogP contribution in [-0.2, 0) is 10.2 Å². The van der Waals surface area contributed by atoms with Crippen molar-refractivity contribution in [3.05, 3.63) is 64.7 Å². The number of anilines is 1. The van der Waals surface area contributed by atoms with E-state index in [0.29, 0.717) is 36.5 Å². The van der Waals surface area contributed by atoms with Crippen molar-refractivity contribution in [2.45, 2.75) is 18.3 Å². The van der Waals surface area contributed by atoms with E-state index < -0.39 is 5.41 Å². The summed E-state index contributed by atoms with van der Waals surface area (Å²) in [7, 11) is 0. The van der Waals surface area contributed by atoms with Gasteiger partial charge in [0.15, 0.2) is 0 Å². The standard InChI is InChI=1S/C19H18ClN3O/c20-16-7-6-14(13-21)17(12-16)23-10-8-19(9-11-23,18(22)24)15-4-2-1-3-5-15/h1-7,12H,8-11H2,(H2,22,24). The van der Waals surface area contributed by atoms with Crippen molar-refractivity contribution in [1.29, 1.82) is 5.26 Å². The van der Waals surface area contributed by atoms with Crippen LogP contribution in [0.5, 0.6) is 0 Å². The maximum atomic E-state index is 12.2. The van der Waals surface area contributed by atoms with E-state index in [2.05, 4.69) is 11.0 Å². The van der Waals surface area contributed by atoms with E-state index in [1.165, 1.54) is 0 Å². The largest absolute Gasteiger partial charge is 0.370 e. The Morgan fingerprint density at radius 1 is 1.17 bits per heavy atom. The number of nitrogens with zero attached hydrogens (tertiary/aromatic N) is 2. The summed E-state index contributed by atoms with van der Waals surface area (Å²) in [5, 5.41) is 9.91. The Balaban J connectivity index is 1.89. The van der Waals surface area contributed by atoms with Gasteiger partial charge in [0.1, 0.15) is 6.07 Å². The molecule has 4 nitrogen and oxygen atoms in total. The highest BCUT2D eigenvalue weighted by molar-refractivity contribution is 6.30. The number of halogens is 1. The van der Waals surface area contributed by atoms with Crippen LogP contribution in [0.25, 0.3) is 0 Å². The third-order valence-corrected chi connectivity index (χ3v) is 5.07. The Morgan fingerprint density at radius 2 is 1.83 bits per heavy atom. The van der Waals surface area contributed by atoms with E-state index in [1.54, 1.807) is 18.2 Å². The molecule has 2 aromatic rings. The smallest absolute Gasteiger partial charge is 0.228 e. The third kappa shape index (κ3) is 2.83. The fourth-order valence-electron chi connectivity index (χ4n) is 3.42. The Labute approximate surface area is 146 Å². The average Bonchev–Trinajstić information content (AvgIpc) is 2.62. The zero-order valence-corrected chi connectivity index (χ0v) is 14.0. The molecule has 0 atom stereocenters. The van der Waals surface area contributed by atoms with Crippen molar-refractivity contribution >= 4 is 23.2 Å². The molecule has 0 bridgehead atoms. The molecule has 0 radical (unpaired) electrons. The quantitative estimate of drug-likeness (QED) is 0.933. The number of primary amides is 1. The molecule has 0 unspecified atom stereocenters. The van der Waals surface area contributed by atoms with E-state index in [4.69, 9.17) is 17.3 Å². The molecule has 0 aromatic heterocycles. The van der Waals surface area contributed by atoms with E-state index in [-0.39, 0.29) is 5.91 Å². The zero-order valence-electron chi connectivity index (χ0n) is 13.2. The first-order valence-electron chi connectivity index (χ1n) is 7.87. The van der Waals surface area contributed by atoms with Crippen LogP contribution < -0.4 is 10.6 Å². The molecule has 1 aliphatic rings. The number of carbonyl (C=O) groups excluding carboxylic acids is 1. The molecule has 0 spiro atoms. The van der Waals surface area contributed by atoms with Gasteiger partial charge in [-0.1, -0.05) is 41.9 Å². The minimum Gasteiger partial charge on any atom is -0.370 e. The Morgan fingerprint density at radius 3 is 2.42 bits per heavy atom. The average molecular weight is 340 g/mol. The van der Waals surface area contributed by atoms with Gasteiger partial charge in [0.05, 0.1) is 16.7 Å². The van der Waals surface area contributed by atoms with Crippen molar-refractivity contribution < 1.29 is 4.79 Å². The summed E-state index contributed by atoms with van der Waals surface area (Å²) < 4.78 is 0. The zero-order chi connectivity index (χ0) is 17.2. The molecule has 24 heavy (non-hydrogen) atoms. The molecule has 2 aromatic carbocycles. The minimum absolute atomic E-state index is 0.292. The molecule has 3 rings (SSSR count). The number of amides is 1. The number of hydrogen-bond acceptors (Lipinski definition) is 3.